The normalized spacial score (nSPS) is 18.8. The number of carbonyl (C=O) groups is 1. The zero-order chi connectivity index (χ0) is 18.2. The SMILES string of the molecule is CCOC(=O)C1(C)CN(c2ccccc2N)c2c(OC)ccc(Cl)c21. The summed E-state index contributed by atoms with van der Waals surface area (Å²) in [4.78, 5) is 14.7. The molecule has 25 heavy (non-hydrogen) atoms. The molecule has 1 aliphatic heterocycles. The van der Waals surface area contributed by atoms with E-state index in [4.69, 9.17) is 26.8 Å². The van der Waals surface area contributed by atoms with Gasteiger partial charge >= 0.3 is 5.97 Å². The number of hydrogen-bond donors (Lipinski definition) is 1. The highest BCUT2D eigenvalue weighted by Gasteiger charge is 2.49. The van der Waals surface area contributed by atoms with Gasteiger partial charge in [0.2, 0.25) is 0 Å². The van der Waals surface area contributed by atoms with Gasteiger partial charge in [-0.2, -0.15) is 0 Å². The highest BCUT2D eigenvalue weighted by Crippen LogP contribution is 2.53. The Balaban J connectivity index is 2.25. The first-order chi connectivity index (χ1) is 11.9. The number of ether oxygens (including phenoxy) is 2. The van der Waals surface area contributed by atoms with Crippen molar-refractivity contribution in [1.29, 1.82) is 0 Å². The fourth-order valence-corrected chi connectivity index (χ4v) is 3.74. The van der Waals surface area contributed by atoms with Crippen LogP contribution in [0.5, 0.6) is 5.75 Å². The topological polar surface area (TPSA) is 64.8 Å². The van der Waals surface area contributed by atoms with Gasteiger partial charge in [-0.15, -0.1) is 0 Å². The van der Waals surface area contributed by atoms with Crippen LogP contribution in [-0.4, -0.2) is 26.2 Å². The van der Waals surface area contributed by atoms with E-state index < -0.39 is 5.41 Å². The Labute approximate surface area is 152 Å². The quantitative estimate of drug-likeness (QED) is 0.661. The summed E-state index contributed by atoms with van der Waals surface area (Å²) in [6, 6.07) is 11.1. The van der Waals surface area contributed by atoms with Gasteiger partial charge in [0.25, 0.3) is 0 Å². The number of fused-ring (bicyclic) bond motifs is 1. The van der Waals surface area contributed by atoms with Gasteiger partial charge in [0.1, 0.15) is 11.2 Å². The predicted molar refractivity (Wildman–Crippen MR) is 99.8 cm³/mol. The molecule has 5 nitrogen and oxygen atoms in total. The van der Waals surface area contributed by atoms with Gasteiger partial charge in [-0.3, -0.25) is 4.79 Å². The van der Waals surface area contributed by atoms with E-state index in [1.54, 1.807) is 26.2 Å². The molecule has 1 unspecified atom stereocenters. The number of para-hydroxylation sites is 2. The summed E-state index contributed by atoms with van der Waals surface area (Å²) in [6.45, 7) is 4.31. The third-order valence-electron chi connectivity index (χ3n) is 4.56. The number of nitrogen functional groups attached to an aromatic ring is 1. The number of hydrogen-bond acceptors (Lipinski definition) is 5. The molecule has 0 spiro atoms. The monoisotopic (exact) mass is 360 g/mol. The second kappa shape index (κ2) is 6.48. The number of methoxy groups -OCH3 is 1. The molecule has 0 bridgehead atoms. The summed E-state index contributed by atoms with van der Waals surface area (Å²) in [5.41, 5.74) is 8.14. The maximum atomic E-state index is 12.8. The lowest BCUT2D eigenvalue weighted by atomic mass is 9.84. The van der Waals surface area contributed by atoms with E-state index in [1.807, 2.05) is 36.1 Å². The average molecular weight is 361 g/mol. The minimum absolute atomic E-state index is 0.304. The molecule has 0 saturated carbocycles. The van der Waals surface area contributed by atoms with Crippen molar-refractivity contribution in [3.8, 4) is 5.75 Å². The Hall–Kier alpha value is -2.40. The van der Waals surface area contributed by atoms with Crippen LogP contribution in [0, 0.1) is 0 Å². The standard InChI is InChI=1S/C19H21ClN2O3/c1-4-25-18(23)19(2)11-22(14-8-6-5-7-13(14)21)17-15(24-3)10-9-12(20)16(17)19/h5-10H,4,11,21H2,1-3H3. The maximum absolute atomic E-state index is 12.8. The number of anilines is 3. The summed E-state index contributed by atoms with van der Waals surface area (Å²) < 4.78 is 10.9. The summed E-state index contributed by atoms with van der Waals surface area (Å²) in [5, 5.41) is 0.503. The molecular weight excluding hydrogens is 340 g/mol. The first-order valence-electron chi connectivity index (χ1n) is 8.10. The van der Waals surface area contributed by atoms with Gasteiger partial charge in [-0.1, -0.05) is 23.7 Å². The van der Waals surface area contributed by atoms with Crippen molar-refractivity contribution in [2.24, 2.45) is 0 Å². The molecule has 2 aromatic carbocycles. The molecular formula is C19H21ClN2O3. The van der Waals surface area contributed by atoms with Crippen molar-refractivity contribution in [3.05, 3.63) is 47.0 Å². The Morgan fingerprint density at radius 1 is 1.32 bits per heavy atom. The molecule has 1 aliphatic rings. The highest BCUT2D eigenvalue weighted by atomic mass is 35.5. The first-order valence-corrected chi connectivity index (χ1v) is 8.48. The number of carbonyl (C=O) groups excluding carboxylic acids is 1. The number of halogens is 1. The summed E-state index contributed by atoms with van der Waals surface area (Å²) in [6.07, 6.45) is 0. The molecule has 0 aromatic heterocycles. The van der Waals surface area contributed by atoms with Gasteiger partial charge < -0.3 is 20.1 Å². The molecule has 2 aromatic rings. The van der Waals surface area contributed by atoms with Crippen LogP contribution in [0.25, 0.3) is 0 Å². The number of esters is 1. The van der Waals surface area contributed by atoms with Crippen LogP contribution >= 0.6 is 11.6 Å². The van der Waals surface area contributed by atoms with Crippen LogP contribution in [0.15, 0.2) is 36.4 Å². The lowest BCUT2D eigenvalue weighted by Gasteiger charge is -2.25. The van der Waals surface area contributed by atoms with E-state index in [0.717, 1.165) is 11.4 Å². The molecule has 132 valence electrons. The minimum atomic E-state index is -0.917. The molecule has 0 radical (unpaired) electrons. The average Bonchev–Trinajstić information content (AvgIpc) is 2.92. The van der Waals surface area contributed by atoms with Crippen molar-refractivity contribution in [3.63, 3.8) is 0 Å². The van der Waals surface area contributed by atoms with E-state index in [9.17, 15) is 4.79 Å². The van der Waals surface area contributed by atoms with Crippen molar-refractivity contribution in [2.45, 2.75) is 19.3 Å². The van der Waals surface area contributed by atoms with Crippen LogP contribution < -0.4 is 15.4 Å². The van der Waals surface area contributed by atoms with Gasteiger partial charge in [0, 0.05) is 17.1 Å². The Kier molecular flexibility index (Phi) is 4.52. The lowest BCUT2D eigenvalue weighted by molar-refractivity contribution is -0.148. The molecule has 1 atom stereocenters. The molecule has 1 heterocycles. The van der Waals surface area contributed by atoms with Crippen molar-refractivity contribution in [1.82, 2.24) is 0 Å². The highest BCUT2D eigenvalue weighted by molar-refractivity contribution is 6.32. The van der Waals surface area contributed by atoms with E-state index in [1.165, 1.54) is 0 Å². The van der Waals surface area contributed by atoms with Crippen molar-refractivity contribution >= 4 is 34.6 Å². The number of rotatable bonds is 4. The Bertz CT molecular complexity index is 824. The largest absolute Gasteiger partial charge is 0.495 e. The van der Waals surface area contributed by atoms with Crippen molar-refractivity contribution in [2.75, 3.05) is 30.9 Å². The predicted octanol–water partition coefficient (Wildman–Crippen LogP) is 3.90. The Morgan fingerprint density at radius 3 is 2.68 bits per heavy atom. The van der Waals surface area contributed by atoms with E-state index in [2.05, 4.69) is 0 Å². The number of benzene rings is 2. The van der Waals surface area contributed by atoms with Gasteiger partial charge in [0.15, 0.2) is 0 Å². The smallest absolute Gasteiger partial charge is 0.318 e. The molecule has 6 heteroatoms. The van der Waals surface area contributed by atoms with Gasteiger partial charge in [-0.05, 0) is 38.1 Å². The summed E-state index contributed by atoms with van der Waals surface area (Å²) >= 11 is 6.50. The zero-order valence-electron chi connectivity index (χ0n) is 14.5. The maximum Gasteiger partial charge on any atom is 0.318 e. The fourth-order valence-electron chi connectivity index (χ4n) is 3.38. The van der Waals surface area contributed by atoms with Crippen LogP contribution in [0.3, 0.4) is 0 Å². The lowest BCUT2D eigenvalue weighted by Crippen LogP contribution is -2.38. The van der Waals surface area contributed by atoms with Gasteiger partial charge in [-0.25, -0.2) is 0 Å². The molecule has 0 amide bonds. The van der Waals surface area contributed by atoms with E-state index >= 15 is 0 Å². The van der Waals surface area contributed by atoms with Crippen LogP contribution in [0.4, 0.5) is 17.1 Å². The first kappa shape index (κ1) is 17.4. The zero-order valence-corrected chi connectivity index (χ0v) is 15.3. The van der Waals surface area contributed by atoms with E-state index in [-0.39, 0.29) is 5.97 Å². The van der Waals surface area contributed by atoms with E-state index in [0.29, 0.717) is 35.2 Å². The van der Waals surface area contributed by atoms with Crippen LogP contribution in [0.1, 0.15) is 19.4 Å². The molecule has 3 rings (SSSR count). The molecule has 0 saturated heterocycles. The third kappa shape index (κ3) is 2.68. The fraction of sp³-hybridized carbons (Fsp3) is 0.316. The molecule has 2 N–H and O–H groups in total. The summed E-state index contributed by atoms with van der Waals surface area (Å²) in [7, 11) is 1.59. The second-order valence-electron chi connectivity index (χ2n) is 6.17. The molecule has 0 aliphatic carbocycles. The van der Waals surface area contributed by atoms with Crippen LogP contribution in [-0.2, 0) is 14.9 Å². The molecule has 0 fully saturated rings. The van der Waals surface area contributed by atoms with Crippen LogP contribution in [0.2, 0.25) is 5.02 Å². The third-order valence-corrected chi connectivity index (χ3v) is 4.87. The summed E-state index contributed by atoms with van der Waals surface area (Å²) in [5.74, 6) is 0.319. The number of nitrogens with two attached hydrogens (primary N) is 1. The number of nitrogens with zero attached hydrogens (tertiary/aromatic N) is 1. The minimum Gasteiger partial charge on any atom is -0.495 e. The van der Waals surface area contributed by atoms with Crippen molar-refractivity contribution < 1.29 is 14.3 Å². The van der Waals surface area contributed by atoms with Gasteiger partial charge in [0.05, 0.1) is 30.8 Å². The second-order valence-corrected chi connectivity index (χ2v) is 6.58. The Morgan fingerprint density at radius 2 is 2.04 bits per heavy atom.